The molecule has 4 heteroatoms. The van der Waals surface area contributed by atoms with Gasteiger partial charge in [-0.05, 0) is 52.6 Å². The summed E-state index contributed by atoms with van der Waals surface area (Å²) in [6, 6.07) is 0.811. The molecule has 0 spiro atoms. The van der Waals surface area contributed by atoms with Crippen LogP contribution in [0, 0.1) is 0 Å². The molecule has 1 saturated heterocycles. The second kappa shape index (κ2) is 10.2. The number of amides is 1. The minimum Gasteiger partial charge on any atom is -0.352 e. The van der Waals surface area contributed by atoms with Crippen molar-refractivity contribution in [2.24, 2.45) is 0 Å². The maximum absolute atomic E-state index is 12.4. The number of unbranched alkanes of at least 4 members (excludes halogenated alkanes) is 1. The predicted molar refractivity (Wildman–Crippen MR) is 89.5 cm³/mol. The molecule has 4 nitrogen and oxygen atoms in total. The molecule has 0 aromatic carbocycles. The Morgan fingerprint density at radius 1 is 1.33 bits per heavy atom. The Morgan fingerprint density at radius 3 is 2.67 bits per heavy atom. The molecule has 2 N–H and O–H groups in total. The van der Waals surface area contributed by atoms with E-state index < -0.39 is 0 Å². The lowest BCUT2D eigenvalue weighted by Gasteiger charge is -2.31. The normalized spacial score (nSPS) is 21.5. The summed E-state index contributed by atoms with van der Waals surface area (Å²) in [4.78, 5) is 14.8. The minimum atomic E-state index is -0.0294. The molecule has 0 aromatic rings. The monoisotopic (exact) mass is 297 g/mol. The van der Waals surface area contributed by atoms with Gasteiger partial charge >= 0.3 is 0 Å². The van der Waals surface area contributed by atoms with Crippen molar-refractivity contribution in [3.05, 3.63) is 0 Å². The SMILES string of the molecule is CCCCN(CC1CCCN1)C(C)C(=O)NC(C)CCC. The number of rotatable bonds is 10. The second-order valence-corrected chi connectivity index (χ2v) is 6.52. The summed E-state index contributed by atoms with van der Waals surface area (Å²) in [5, 5.41) is 6.71. The Kier molecular flexibility index (Phi) is 8.93. The number of carbonyl (C=O) groups excluding carboxylic acids is 1. The zero-order chi connectivity index (χ0) is 15.7. The number of nitrogens with one attached hydrogen (secondary N) is 2. The zero-order valence-electron chi connectivity index (χ0n) is 14.5. The van der Waals surface area contributed by atoms with E-state index in [1.807, 2.05) is 0 Å². The summed E-state index contributed by atoms with van der Waals surface area (Å²) in [6.07, 6.45) is 7.01. The lowest BCUT2D eigenvalue weighted by atomic mass is 10.1. The van der Waals surface area contributed by atoms with Crippen molar-refractivity contribution in [1.82, 2.24) is 15.5 Å². The highest BCUT2D eigenvalue weighted by atomic mass is 16.2. The van der Waals surface area contributed by atoms with Gasteiger partial charge in [0, 0.05) is 18.6 Å². The predicted octanol–water partition coefficient (Wildman–Crippen LogP) is 2.53. The van der Waals surface area contributed by atoms with Crippen LogP contribution in [0.3, 0.4) is 0 Å². The van der Waals surface area contributed by atoms with Gasteiger partial charge in [0.05, 0.1) is 6.04 Å². The number of hydrogen-bond donors (Lipinski definition) is 2. The van der Waals surface area contributed by atoms with Crippen molar-refractivity contribution in [1.29, 1.82) is 0 Å². The summed E-state index contributed by atoms with van der Waals surface area (Å²) in [5.41, 5.74) is 0. The molecule has 21 heavy (non-hydrogen) atoms. The second-order valence-electron chi connectivity index (χ2n) is 6.52. The molecule has 3 unspecified atom stereocenters. The summed E-state index contributed by atoms with van der Waals surface area (Å²) in [7, 11) is 0. The minimum absolute atomic E-state index is 0.0294. The highest BCUT2D eigenvalue weighted by molar-refractivity contribution is 5.81. The van der Waals surface area contributed by atoms with Crippen LogP contribution in [0.4, 0.5) is 0 Å². The van der Waals surface area contributed by atoms with E-state index in [-0.39, 0.29) is 18.0 Å². The molecule has 0 radical (unpaired) electrons. The van der Waals surface area contributed by atoms with E-state index in [0.29, 0.717) is 6.04 Å². The van der Waals surface area contributed by atoms with Gasteiger partial charge in [-0.15, -0.1) is 0 Å². The van der Waals surface area contributed by atoms with Crippen LogP contribution in [0.2, 0.25) is 0 Å². The molecule has 1 fully saturated rings. The van der Waals surface area contributed by atoms with Crippen LogP contribution in [0.15, 0.2) is 0 Å². The van der Waals surface area contributed by atoms with Crippen LogP contribution in [0.5, 0.6) is 0 Å². The van der Waals surface area contributed by atoms with Gasteiger partial charge in [0.2, 0.25) is 5.91 Å². The molecule has 1 amide bonds. The van der Waals surface area contributed by atoms with Crippen molar-refractivity contribution >= 4 is 5.91 Å². The highest BCUT2D eigenvalue weighted by Crippen LogP contribution is 2.11. The lowest BCUT2D eigenvalue weighted by Crippen LogP contribution is -2.51. The Labute approximate surface area is 131 Å². The summed E-state index contributed by atoms with van der Waals surface area (Å²) < 4.78 is 0. The van der Waals surface area contributed by atoms with Gasteiger partial charge in [-0.2, -0.15) is 0 Å². The Balaban J connectivity index is 2.51. The Hall–Kier alpha value is -0.610. The van der Waals surface area contributed by atoms with E-state index in [9.17, 15) is 4.79 Å². The first kappa shape index (κ1) is 18.4. The van der Waals surface area contributed by atoms with E-state index in [1.165, 1.54) is 19.3 Å². The van der Waals surface area contributed by atoms with Gasteiger partial charge in [-0.3, -0.25) is 9.69 Å². The van der Waals surface area contributed by atoms with Crippen molar-refractivity contribution in [2.45, 2.75) is 84.3 Å². The first-order chi connectivity index (χ1) is 10.1. The first-order valence-corrected chi connectivity index (χ1v) is 8.86. The largest absolute Gasteiger partial charge is 0.352 e. The van der Waals surface area contributed by atoms with E-state index in [4.69, 9.17) is 0 Å². The fraction of sp³-hybridized carbons (Fsp3) is 0.941. The van der Waals surface area contributed by atoms with Crippen LogP contribution in [0.25, 0.3) is 0 Å². The van der Waals surface area contributed by atoms with Gasteiger partial charge in [0.15, 0.2) is 0 Å². The maximum atomic E-state index is 12.4. The topological polar surface area (TPSA) is 44.4 Å². The third-order valence-corrected chi connectivity index (χ3v) is 4.45. The van der Waals surface area contributed by atoms with Gasteiger partial charge in [-0.25, -0.2) is 0 Å². The average molecular weight is 297 g/mol. The van der Waals surface area contributed by atoms with E-state index >= 15 is 0 Å². The van der Waals surface area contributed by atoms with Crippen LogP contribution in [0.1, 0.15) is 66.2 Å². The third kappa shape index (κ3) is 6.79. The number of hydrogen-bond acceptors (Lipinski definition) is 3. The zero-order valence-corrected chi connectivity index (χ0v) is 14.5. The molecule has 1 heterocycles. The molecule has 1 aliphatic heterocycles. The van der Waals surface area contributed by atoms with E-state index in [2.05, 4.69) is 43.2 Å². The van der Waals surface area contributed by atoms with Crippen molar-refractivity contribution < 1.29 is 4.79 Å². The van der Waals surface area contributed by atoms with Gasteiger partial charge < -0.3 is 10.6 Å². The first-order valence-electron chi connectivity index (χ1n) is 8.86. The molecule has 124 valence electrons. The molecule has 1 rings (SSSR count). The van der Waals surface area contributed by atoms with Crippen molar-refractivity contribution in [3.8, 4) is 0 Å². The van der Waals surface area contributed by atoms with Crippen LogP contribution >= 0.6 is 0 Å². The highest BCUT2D eigenvalue weighted by Gasteiger charge is 2.25. The summed E-state index contributed by atoms with van der Waals surface area (Å²) >= 11 is 0. The molecule has 0 aromatic heterocycles. The van der Waals surface area contributed by atoms with Crippen molar-refractivity contribution in [2.75, 3.05) is 19.6 Å². The molecule has 1 aliphatic rings. The molecular formula is C17H35N3O. The van der Waals surface area contributed by atoms with Crippen LogP contribution in [-0.4, -0.2) is 48.6 Å². The Morgan fingerprint density at radius 2 is 2.10 bits per heavy atom. The quantitative estimate of drug-likeness (QED) is 0.651. The maximum Gasteiger partial charge on any atom is 0.237 e. The number of nitrogens with zero attached hydrogens (tertiary/aromatic N) is 1. The fourth-order valence-electron chi connectivity index (χ4n) is 3.03. The molecular weight excluding hydrogens is 262 g/mol. The summed E-state index contributed by atoms with van der Waals surface area (Å²) in [5.74, 6) is 0.185. The van der Waals surface area contributed by atoms with E-state index in [1.54, 1.807) is 0 Å². The van der Waals surface area contributed by atoms with Gasteiger partial charge in [-0.1, -0.05) is 26.7 Å². The molecule has 0 aliphatic carbocycles. The fourth-order valence-corrected chi connectivity index (χ4v) is 3.03. The van der Waals surface area contributed by atoms with Gasteiger partial charge in [0.1, 0.15) is 0 Å². The van der Waals surface area contributed by atoms with Gasteiger partial charge in [0.25, 0.3) is 0 Å². The van der Waals surface area contributed by atoms with E-state index in [0.717, 1.165) is 38.9 Å². The summed E-state index contributed by atoms with van der Waals surface area (Å²) in [6.45, 7) is 11.7. The van der Waals surface area contributed by atoms with Crippen molar-refractivity contribution in [3.63, 3.8) is 0 Å². The molecule has 3 atom stereocenters. The lowest BCUT2D eigenvalue weighted by molar-refractivity contribution is -0.126. The molecule has 0 saturated carbocycles. The average Bonchev–Trinajstić information content (AvgIpc) is 2.95. The van der Waals surface area contributed by atoms with Crippen LogP contribution < -0.4 is 10.6 Å². The smallest absolute Gasteiger partial charge is 0.237 e. The standard InChI is InChI=1S/C17H35N3O/c1-5-7-12-20(13-16-10-8-11-18-16)15(4)17(21)19-14(3)9-6-2/h14-16,18H,5-13H2,1-4H3,(H,19,21). The third-order valence-electron chi connectivity index (χ3n) is 4.45. The van der Waals surface area contributed by atoms with Crippen LogP contribution in [-0.2, 0) is 4.79 Å². The molecule has 0 bridgehead atoms. The Bertz CT molecular complexity index is 290. The number of carbonyl (C=O) groups is 1.